The molecule has 0 aliphatic rings. The lowest BCUT2D eigenvalue weighted by atomic mass is 10.2. The van der Waals surface area contributed by atoms with Gasteiger partial charge in [0.25, 0.3) is 0 Å². The molecule has 30 heavy (non-hydrogen) atoms. The summed E-state index contributed by atoms with van der Waals surface area (Å²) >= 11 is 1.45. The van der Waals surface area contributed by atoms with Gasteiger partial charge in [0.15, 0.2) is 5.65 Å². The van der Waals surface area contributed by atoms with Gasteiger partial charge in [-0.3, -0.25) is 4.79 Å². The summed E-state index contributed by atoms with van der Waals surface area (Å²) in [5.41, 5.74) is 1.83. The van der Waals surface area contributed by atoms with Crippen LogP contribution in [0.4, 0.5) is 10.1 Å². The van der Waals surface area contributed by atoms with Crippen LogP contribution in [0.3, 0.4) is 0 Å². The average molecular weight is 423 g/mol. The third-order valence-electron chi connectivity index (χ3n) is 4.38. The Hall–Kier alpha value is -3.46. The second-order valence-corrected chi connectivity index (χ2v) is 7.64. The largest absolute Gasteiger partial charge is 0.350 e. The van der Waals surface area contributed by atoms with Crippen molar-refractivity contribution in [3.63, 3.8) is 0 Å². The Balaban J connectivity index is 1.54. The molecular formula is C21H18FN5O2S. The van der Waals surface area contributed by atoms with Gasteiger partial charge in [0, 0.05) is 18.1 Å². The van der Waals surface area contributed by atoms with E-state index in [-0.39, 0.29) is 12.2 Å². The van der Waals surface area contributed by atoms with Crippen molar-refractivity contribution >= 4 is 29.0 Å². The van der Waals surface area contributed by atoms with Crippen LogP contribution in [-0.2, 0) is 17.1 Å². The predicted molar refractivity (Wildman–Crippen MR) is 113 cm³/mol. The summed E-state index contributed by atoms with van der Waals surface area (Å²) in [6.07, 6.45) is 3.03. The van der Waals surface area contributed by atoms with Gasteiger partial charge in [-0.2, -0.15) is 0 Å². The van der Waals surface area contributed by atoms with E-state index >= 15 is 0 Å². The molecule has 1 N–H and O–H groups in total. The summed E-state index contributed by atoms with van der Waals surface area (Å²) in [7, 11) is 0. The van der Waals surface area contributed by atoms with Crippen molar-refractivity contribution in [2.75, 3.05) is 5.32 Å². The fraction of sp³-hybridized carbons (Fsp3) is 0.143. The molecule has 0 aliphatic carbocycles. The molecule has 7 nitrogen and oxygen atoms in total. The summed E-state index contributed by atoms with van der Waals surface area (Å²) in [5.74, 6) is -0.411. The van der Waals surface area contributed by atoms with Crippen molar-refractivity contribution in [1.82, 2.24) is 19.2 Å². The van der Waals surface area contributed by atoms with E-state index < -0.39 is 17.4 Å². The lowest BCUT2D eigenvalue weighted by Gasteiger charge is -2.06. The van der Waals surface area contributed by atoms with Crippen LogP contribution in [0.2, 0.25) is 0 Å². The zero-order valence-electron chi connectivity index (χ0n) is 16.1. The van der Waals surface area contributed by atoms with Crippen LogP contribution in [-0.4, -0.2) is 25.1 Å². The first kappa shape index (κ1) is 19.8. The number of hydrogen-bond acceptors (Lipinski definition) is 5. The third-order valence-corrected chi connectivity index (χ3v) is 5.42. The fourth-order valence-electron chi connectivity index (χ4n) is 2.90. The number of thioether (sulfide) groups is 1. The van der Waals surface area contributed by atoms with Gasteiger partial charge in [0.05, 0.1) is 5.69 Å². The van der Waals surface area contributed by atoms with Crippen LogP contribution in [0.15, 0.2) is 70.7 Å². The molecule has 4 rings (SSSR count). The third kappa shape index (κ3) is 4.25. The quantitative estimate of drug-likeness (QED) is 0.482. The van der Waals surface area contributed by atoms with E-state index in [4.69, 9.17) is 0 Å². The van der Waals surface area contributed by atoms with Gasteiger partial charge in [0.2, 0.25) is 5.91 Å². The summed E-state index contributed by atoms with van der Waals surface area (Å²) in [4.78, 5) is 29.3. The minimum absolute atomic E-state index is 0.0585. The summed E-state index contributed by atoms with van der Waals surface area (Å²) < 4.78 is 16.4. The SMILES string of the molecule is Cc1ccc(NC(=O)Cn2nc3c(SCc4ccccc4)nccn3c2=O)c(F)c1. The van der Waals surface area contributed by atoms with Gasteiger partial charge in [-0.25, -0.2) is 23.3 Å². The maximum atomic E-state index is 14.0. The van der Waals surface area contributed by atoms with Crippen molar-refractivity contribution in [3.8, 4) is 0 Å². The monoisotopic (exact) mass is 423 g/mol. The average Bonchev–Trinajstić information content (AvgIpc) is 3.05. The number of amides is 1. The summed E-state index contributed by atoms with van der Waals surface area (Å²) in [6.45, 7) is 1.42. The van der Waals surface area contributed by atoms with Crippen molar-refractivity contribution in [1.29, 1.82) is 0 Å². The van der Waals surface area contributed by atoms with Gasteiger partial charge in [-0.1, -0.05) is 48.2 Å². The van der Waals surface area contributed by atoms with E-state index in [1.807, 2.05) is 30.3 Å². The van der Waals surface area contributed by atoms with Crippen LogP contribution < -0.4 is 11.0 Å². The van der Waals surface area contributed by atoms with Crippen molar-refractivity contribution in [3.05, 3.63) is 88.4 Å². The van der Waals surface area contributed by atoms with Gasteiger partial charge >= 0.3 is 5.69 Å². The highest BCUT2D eigenvalue weighted by atomic mass is 32.2. The molecule has 0 fully saturated rings. The number of carbonyl (C=O) groups is 1. The molecule has 9 heteroatoms. The number of aromatic nitrogens is 4. The lowest BCUT2D eigenvalue weighted by Crippen LogP contribution is -2.28. The zero-order chi connectivity index (χ0) is 21.1. The molecule has 2 aromatic heterocycles. The molecule has 4 aromatic rings. The number of hydrogen-bond donors (Lipinski definition) is 1. The van der Waals surface area contributed by atoms with Crippen molar-refractivity contribution < 1.29 is 9.18 Å². The van der Waals surface area contributed by atoms with E-state index in [0.29, 0.717) is 16.4 Å². The minimum Gasteiger partial charge on any atom is -0.322 e. The predicted octanol–water partition coefficient (Wildman–Crippen LogP) is 3.27. The molecule has 2 heterocycles. The summed E-state index contributed by atoms with van der Waals surface area (Å²) in [5, 5.41) is 7.33. The Bertz CT molecular complexity index is 1270. The fourth-order valence-corrected chi connectivity index (χ4v) is 3.80. The zero-order valence-corrected chi connectivity index (χ0v) is 16.9. The second-order valence-electron chi connectivity index (χ2n) is 6.67. The topological polar surface area (TPSA) is 81.3 Å². The van der Waals surface area contributed by atoms with Crippen LogP contribution >= 0.6 is 11.8 Å². The second kappa shape index (κ2) is 8.50. The van der Waals surface area contributed by atoms with E-state index in [9.17, 15) is 14.0 Å². The maximum Gasteiger partial charge on any atom is 0.350 e. The molecule has 0 saturated carbocycles. The lowest BCUT2D eigenvalue weighted by molar-refractivity contribution is -0.117. The number of aryl methyl sites for hydroxylation is 1. The molecule has 0 atom stereocenters. The first-order chi connectivity index (χ1) is 14.5. The highest BCUT2D eigenvalue weighted by molar-refractivity contribution is 7.98. The van der Waals surface area contributed by atoms with Crippen molar-refractivity contribution in [2.45, 2.75) is 24.2 Å². The Labute approximate surface area is 175 Å². The number of carbonyl (C=O) groups excluding carboxylic acids is 1. The number of fused-ring (bicyclic) bond motifs is 1. The molecule has 0 saturated heterocycles. The van der Waals surface area contributed by atoms with Gasteiger partial charge < -0.3 is 5.32 Å². The number of nitrogens with zero attached hydrogens (tertiary/aromatic N) is 4. The molecule has 0 spiro atoms. The highest BCUT2D eigenvalue weighted by Gasteiger charge is 2.15. The van der Waals surface area contributed by atoms with Gasteiger partial charge in [-0.15, -0.1) is 5.10 Å². The molecule has 152 valence electrons. The molecule has 0 bridgehead atoms. The molecular weight excluding hydrogens is 405 g/mol. The van der Waals surface area contributed by atoms with Gasteiger partial charge in [0.1, 0.15) is 17.4 Å². The number of halogens is 1. The first-order valence-electron chi connectivity index (χ1n) is 9.18. The Morgan fingerprint density at radius 1 is 1.20 bits per heavy atom. The Kier molecular flexibility index (Phi) is 5.62. The van der Waals surface area contributed by atoms with Crippen LogP contribution in [0.25, 0.3) is 5.65 Å². The van der Waals surface area contributed by atoms with Crippen LogP contribution in [0, 0.1) is 12.7 Å². The normalized spacial score (nSPS) is 11.0. The number of rotatable bonds is 6. The van der Waals surface area contributed by atoms with Crippen molar-refractivity contribution in [2.24, 2.45) is 0 Å². The number of benzene rings is 2. The highest BCUT2D eigenvalue weighted by Crippen LogP contribution is 2.23. The number of anilines is 1. The maximum absolute atomic E-state index is 14.0. The standard InChI is InChI=1S/C21H18FN5O2S/c1-14-7-8-17(16(22)11-14)24-18(28)12-27-21(29)26-10-9-23-20(19(26)25-27)30-13-15-5-3-2-4-6-15/h2-11H,12-13H2,1H3,(H,24,28). The summed E-state index contributed by atoms with van der Waals surface area (Å²) in [6, 6.07) is 14.4. The molecule has 2 aromatic carbocycles. The molecule has 0 aliphatic heterocycles. The smallest absolute Gasteiger partial charge is 0.322 e. The van der Waals surface area contributed by atoms with E-state index in [2.05, 4.69) is 15.4 Å². The molecule has 0 radical (unpaired) electrons. The molecule has 0 unspecified atom stereocenters. The van der Waals surface area contributed by atoms with Crippen LogP contribution in [0.1, 0.15) is 11.1 Å². The minimum atomic E-state index is -0.547. The Morgan fingerprint density at radius 2 is 2.00 bits per heavy atom. The van der Waals surface area contributed by atoms with Crippen LogP contribution in [0.5, 0.6) is 0 Å². The van der Waals surface area contributed by atoms with Gasteiger partial charge in [-0.05, 0) is 30.2 Å². The first-order valence-corrected chi connectivity index (χ1v) is 10.2. The van der Waals surface area contributed by atoms with E-state index in [1.165, 1.54) is 40.7 Å². The molecule has 1 amide bonds. The van der Waals surface area contributed by atoms with E-state index in [0.717, 1.165) is 15.8 Å². The number of nitrogens with one attached hydrogen (secondary N) is 1. The Morgan fingerprint density at radius 3 is 2.77 bits per heavy atom. The van der Waals surface area contributed by atoms with E-state index in [1.54, 1.807) is 13.0 Å².